The van der Waals surface area contributed by atoms with Gasteiger partial charge >= 0.3 is 12.1 Å². The highest BCUT2D eigenvalue weighted by Crippen LogP contribution is 2.27. The number of ether oxygens (including phenoxy) is 1. The van der Waals surface area contributed by atoms with Crippen molar-refractivity contribution in [2.24, 2.45) is 7.05 Å². The van der Waals surface area contributed by atoms with Gasteiger partial charge in [-0.15, -0.1) is 13.2 Å². The molecule has 0 spiro atoms. The maximum Gasteiger partial charge on any atom is 0.573 e. The lowest BCUT2D eigenvalue weighted by Gasteiger charge is -2.29. The number of alkyl halides is 3. The number of benzene rings is 1. The first-order valence-corrected chi connectivity index (χ1v) is 11.4. The summed E-state index contributed by atoms with van der Waals surface area (Å²) in [4.78, 5) is 24.8. The summed E-state index contributed by atoms with van der Waals surface area (Å²) in [5.74, 6) is -0.683. The fourth-order valence-corrected chi connectivity index (χ4v) is 4.36. The highest BCUT2D eigenvalue weighted by Gasteiger charge is 2.31. The van der Waals surface area contributed by atoms with E-state index in [0.717, 1.165) is 23.1 Å². The average Bonchev–Trinajstić information content (AvgIpc) is 2.96. The smallest absolute Gasteiger partial charge is 0.406 e. The summed E-state index contributed by atoms with van der Waals surface area (Å²) >= 11 is 0. The SMILES string of the molecule is Cn1c(C2CCN(S(C)(=O)=O)CC2)nn(CC(=O)Nc2ccc(OC(F)(F)F)cc2)c1=O. The van der Waals surface area contributed by atoms with Crippen LogP contribution in [-0.4, -0.2) is 58.7 Å². The van der Waals surface area contributed by atoms with Gasteiger partial charge in [0.1, 0.15) is 18.1 Å². The molecule has 32 heavy (non-hydrogen) atoms. The number of amides is 1. The van der Waals surface area contributed by atoms with E-state index in [1.165, 1.54) is 28.1 Å². The van der Waals surface area contributed by atoms with Crippen molar-refractivity contribution in [3.05, 3.63) is 40.6 Å². The Morgan fingerprint density at radius 2 is 1.81 bits per heavy atom. The largest absolute Gasteiger partial charge is 0.573 e. The van der Waals surface area contributed by atoms with E-state index in [-0.39, 0.29) is 11.6 Å². The summed E-state index contributed by atoms with van der Waals surface area (Å²) in [6, 6.07) is 4.58. The molecule has 1 aliphatic rings. The Balaban J connectivity index is 1.63. The predicted octanol–water partition coefficient (Wildman–Crippen LogP) is 1.26. The van der Waals surface area contributed by atoms with Gasteiger partial charge in [-0.2, -0.15) is 5.10 Å². The number of piperidine rings is 1. The van der Waals surface area contributed by atoms with Gasteiger partial charge in [-0.25, -0.2) is 22.2 Å². The molecule has 1 aromatic heterocycles. The van der Waals surface area contributed by atoms with Gasteiger partial charge in [0.25, 0.3) is 0 Å². The van der Waals surface area contributed by atoms with Crippen LogP contribution < -0.4 is 15.7 Å². The van der Waals surface area contributed by atoms with Crippen LogP contribution >= 0.6 is 0 Å². The van der Waals surface area contributed by atoms with Gasteiger partial charge in [-0.05, 0) is 37.1 Å². The summed E-state index contributed by atoms with van der Waals surface area (Å²) in [5.41, 5.74) is -0.281. The summed E-state index contributed by atoms with van der Waals surface area (Å²) in [6.45, 7) is 0.244. The number of aromatic nitrogens is 3. The Morgan fingerprint density at radius 1 is 1.22 bits per heavy atom. The molecular weight excluding hydrogens is 455 g/mol. The molecule has 14 heteroatoms. The molecule has 1 N–H and O–H groups in total. The molecule has 2 heterocycles. The number of nitrogens with zero attached hydrogens (tertiary/aromatic N) is 4. The molecule has 1 fully saturated rings. The molecule has 3 rings (SSSR count). The number of rotatable bonds is 6. The molecule has 1 aliphatic heterocycles. The van der Waals surface area contributed by atoms with Crippen molar-refractivity contribution in [1.82, 2.24) is 18.7 Å². The number of hydrogen-bond donors (Lipinski definition) is 1. The molecule has 1 aromatic carbocycles. The Hall–Kier alpha value is -2.87. The van der Waals surface area contributed by atoms with Gasteiger partial charge in [-0.1, -0.05) is 0 Å². The monoisotopic (exact) mass is 477 g/mol. The Morgan fingerprint density at radius 3 is 2.34 bits per heavy atom. The van der Waals surface area contributed by atoms with E-state index >= 15 is 0 Å². The second-order valence-corrected chi connectivity index (χ2v) is 9.40. The van der Waals surface area contributed by atoms with Crippen LogP contribution in [0.5, 0.6) is 5.75 Å². The van der Waals surface area contributed by atoms with Crippen molar-refractivity contribution in [3.63, 3.8) is 0 Å². The van der Waals surface area contributed by atoms with E-state index in [1.807, 2.05) is 0 Å². The van der Waals surface area contributed by atoms with Crippen LogP contribution in [0.2, 0.25) is 0 Å². The van der Waals surface area contributed by atoms with Gasteiger partial charge in [0, 0.05) is 31.7 Å². The molecule has 0 bridgehead atoms. The van der Waals surface area contributed by atoms with E-state index in [9.17, 15) is 31.2 Å². The molecule has 0 radical (unpaired) electrons. The maximum absolute atomic E-state index is 12.5. The van der Waals surface area contributed by atoms with Gasteiger partial charge in [0.15, 0.2) is 0 Å². The Bertz CT molecular complexity index is 1130. The normalized spacial score (nSPS) is 16.2. The van der Waals surface area contributed by atoms with E-state index < -0.39 is 40.3 Å². The molecule has 0 unspecified atom stereocenters. The lowest BCUT2D eigenvalue weighted by Crippen LogP contribution is -2.37. The molecule has 176 valence electrons. The van der Waals surface area contributed by atoms with Crippen molar-refractivity contribution in [2.75, 3.05) is 24.7 Å². The summed E-state index contributed by atoms with van der Waals surface area (Å²) in [5, 5.41) is 6.73. The first-order chi connectivity index (χ1) is 14.8. The Labute approximate surface area is 181 Å². The minimum Gasteiger partial charge on any atom is -0.406 e. The maximum atomic E-state index is 12.5. The lowest BCUT2D eigenvalue weighted by atomic mass is 9.97. The van der Waals surface area contributed by atoms with Crippen LogP contribution in [0, 0.1) is 0 Å². The highest BCUT2D eigenvalue weighted by atomic mass is 32.2. The summed E-state index contributed by atoms with van der Waals surface area (Å²) < 4.78 is 67.4. The van der Waals surface area contributed by atoms with Gasteiger partial charge in [0.05, 0.1) is 6.26 Å². The summed E-state index contributed by atoms with van der Waals surface area (Å²) in [6.07, 6.45) is -2.68. The van der Waals surface area contributed by atoms with Gasteiger partial charge in [-0.3, -0.25) is 9.36 Å². The second-order valence-electron chi connectivity index (χ2n) is 7.41. The number of halogens is 3. The van der Waals surface area contributed by atoms with Crippen LogP contribution in [0.1, 0.15) is 24.6 Å². The number of sulfonamides is 1. The van der Waals surface area contributed by atoms with E-state index in [4.69, 9.17) is 0 Å². The van der Waals surface area contributed by atoms with Gasteiger partial charge < -0.3 is 10.1 Å². The molecule has 0 saturated carbocycles. The van der Waals surface area contributed by atoms with Crippen molar-refractivity contribution >= 4 is 21.6 Å². The molecule has 1 amide bonds. The summed E-state index contributed by atoms with van der Waals surface area (Å²) in [7, 11) is -1.75. The van der Waals surface area contributed by atoms with Crippen LogP contribution in [0.25, 0.3) is 0 Å². The lowest BCUT2D eigenvalue weighted by molar-refractivity contribution is -0.274. The number of nitrogens with one attached hydrogen (secondary N) is 1. The zero-order valence-electron chi connectivity index (χ0n) is 17.3. The van der Waals surface area contributed by atoms with Crippen LogP contribution in [-0.2, 0) is 28.4 Å². The third-order valence-corrected chi connectivity index (χ3v) is 6.33. The quantitative estimate of drug-likeness (QED) is 0.670. The van der Waals surface area contributed by atoms with Crippen molar-refractivity contribution < 1.29 is 31.1 Å². The molecule has 1 saturated heterocycles. The minimum absolute atomic E-state index is 0.129. The van der Waals surface area contributed by atoms with E-state index in [1.54, 1.807) is 0 Å². The zero-order chi connectivity index (χ0) is 23.7. The van der Waals surface area contributed by atoms with Crippen LogP contribution in [0.15, 0.2) is 29.1 Å². The number of carbonyl (C=O) groups is 1. The van der Waals surface area contributed by atoms with Crippen LogP contribution in [0.3, 0.4) is 0 Å². The molecular formula is C18H22F3N5O5S. The average molecular weight is 477 g/mol. The fraction of sp³-hybridized carbons (Fsp3) is 0.500. The van der Waals surface area contributed by atoms with E-state index in [2.05, 4.69) is 15.2 Å². The van der Waals surface area contributed by atoms with Crippen molar-refractivity contribution in [1.29, 1.82) is 0 Å². The second kappa shape index (κ2) is 8.94. The van der Waals surface area contributed by atoms with Gasteiger partial charge in [0.2, 0.25) is 15.9 Å². The van der Waals surface area contributed by atoms with Crippen molar-refractivity contribution in [2.45, 2.75) is 31.7 Å². The first-order valence-electron chi connectivity index (χ1n) is 9.58. The van der Waals surface area contributed by atoms with E-state index in [0.29, 0.717) is 31.8 Å². The minimum atomic E-state index is -4.82. The number of carbonyl (C=O) groups excluding carboxylic acids is 1. The fourth-order valence-electron chi connectivity index (χ4n) is 3.49. The van der Waals surface area contributed by atoms with Crippen molar-refractivity contribution in [3.8, 4) is 5.75 Å². The topological polar surface area (TPSA) is 116 Å². The highest BCUT2D eigenvalue weighted by molar-refractivity contribution is 7.88. The predicted molar refractivity (Wildman–Crippen MR) is 108 cm³/mol. The molecule has 0 aliphatic carbocycles. The molecule has 0 atom stereocenters. The number of anilines is 1. The third kappa shape index (κ3) is 5.88. The first kappa shape index (κ1) is 23.8. The third-order valence-electron chi connectivity index (χ3n) is 5.03. The Kier molecular flexibility index (Phi) is 6.64. The zero-order valence-corrected chi connectivity index (χ0v) is 18.1. The van der Waals surface area contributed by atoms with Crippen LogP contribution in [0.4, 0.5) is 18.9 Å². The standard InChI is InChI=1S/C18H22F3N5O5S/c1-24-16(12-7-9-25(10-8-12)32(2,29)30)23-26(17(24)28)11-15(27)22-13-3-5-14(6-4-13)31-18(19,20)21/h3-6,12H,7-11H2,1-2H3,(H,22,27). The number of hydrogen-bond acceptors (Lipinski definition) is 6. The molecule has 10 nitrogen and oxygen atoms in total. The molecule has 2 aromatic rings.